The van der Waals surface area contributed by atoms with Crippen LogP contribution in [-0.4, -0.2) is 39.7 Å². The molecule has 8 heteroatoms. The van der Waals surface area contributed by atoms with Crippen molar-refractivity contribution in [3.63, 3.8) is 0 Å². The Morgan fingerprint density at radius 2 is 1.38 bits per heavy atom. The van der Waals surface area contributed by atoms with E-state index in [1.165, 1.54) is 0 Å². The minimum Gasteiger partial charge on any atom is -0.492 e. The molecule has 0 heterocycles. The van der Waals surface area contributed by atoms with Crippen molar-refractivity contribution in [2.75, 3.05) is 39.7 Å². The molecule has 1 aromatic carbocycles. The number of rotatable bonds is 11. The summed E-state index contributed by atoms with van der Waals surface area (Å²) in [5.74, 6) is 0.626. The van der Waals surface area contributed by atoms with Crippen LogP contribution in [0.1, 0.15) is 25.0 Å². The van der Waals surface area contributed by atoms with Crippen LogP contribution in [-0.2, 0) is 30.5 Å². The molecule has 1 rings (SSSR count). The highest BCUT2D eigenvalue weighted by Gasteiger charge is 2.20. The molecule has 1 aromatic rings. The summed E-state index contributed by atoms with van der Waals surface area (Å²) in [5.41, 5.74) is 7.14. The molecule has 0 fully saturated rings. The fourth-order valence-corrected chi connectivity index (χ4v) is 5.44. The maximum Gasteiger partial charge on any atom is 0.204 e. The Kier molecular flexibility index (Phi) is 8.69. The summed E-state index contributed by atoms with van der Waals surface area (Å²) in [6.07, 6.45) is 0.604. The average Bonchev–Trinajstić information content (AvgIpc) is 2.43. The van der Waals surface area contributed by atoms with Crippen molar-refractivity contribution in [3.8, 4) is 5.75 Å². The highest BCUT2D eigenvalue weighted by Crippen LogP contribution is 2.49. The monoisotopic (exact) mass is 377 g/mol. The molecule has 6 nitrogen and oxygen atoms in total. The van der Waals surface area contributed by atoms with E-state index < -0.39 is 14.7 Å². The number of ether oxygens (including phenoxy) is 1. The van der Waals surface area contributed by atoms with E-state index >= 15 is 0 Å². The Bertz CT molecular complexity index is 574. The van der Waals surface area contributed by atoms with Crippen LogP contribution >= 0.6 is 14.7 Å². The second-order valence-electron chi connectivity index (χ2n) is 5.80. The van der Waals surface area contributed by atoms with Crippen molar-refractivity contribution < 1.29 is 22.9 Å². The van der Waals surface area contributed by atoms with E-state index in [-0.39, 0.29) is 0 Å². The first-order valence-corrected chi connectivity index (χ1v) is 12.6. The van der Waals surface area contributed by atoms with Gasteiger partial charge in [0, 0.05) is 32.2 Å². The van der Waals surface area contributed by atoms with E-state index in [0.29, 0.717) is 44.4 Å². The van der Waals surface area contributed by atoms with Crippen molar-refractivity contribution in [1.29, 1.82) is 0 Å². The molecule has 0 bridgehead atoms. The predicted molar refractivity (Wildman–Crippen MR) is 98.7 cm³/mol. The highest BCUT2D eigenvalue weighted by atomic mass is 31.2. The summed E-state index contributed by atoms with van der Waals surface area (Å²) in [4.78, 5) is 0. The minimum absolute atomic E-state index is 0.302. The SMILES string of the molecule is CCOP(C)(=O)Cc1cc(CP(C)(=O)OCC)cc(OCCN)c1. The Labute approximate surface area is 145 Å². The maximum absolute atomic E-state index is 12.4. The van der Waals surface area contributed by atoms with Crippen LogP contribution in [0.5, 0.6) is 5.75 Å². The van der Waals surface area contributed by atoms with Gasteiger partial charge in [-0.3, -0.25) is 9.13 Å². The van der Waals surface area contributed by atoms with E-state index in [1.54, 1.807) is 13.3 Å². The van der Waals surface area contributed by atoms with E-state index in [4.69, 9.17) is 19.5 Å². The van der Waals surface area contributed by atoms with Crippen molar-refractivity contribution in [2.45, 2.75) is 26.2 Å². The van der Waals surface area contributed by atoms with E-state index in [2.05, 4.69) is 0 Å². The topological polar surface area (TPSA) is 87.9 Å². The summed E-state index contributed by atoms with van der Waals surface area (Å²) in [6.45, 7) is 8.46. The Morgan fingerprint density at radius 1 is 0.917 bits per heavy atom. The molecular weight excluding hydrogens is 348 g/mol. The zero-order valence-electron chi connectivity index (χ0n) is 15.0. The number of nitrogens with two attached hydrogens (primary N) is 1. The third kappa shape index (κ3) is 7.96. The van der Waals surface area contributed by atoms with Gasteiger partial charge in [-0.05, 0) is 37.1 Å². The summed E-state index contributed by atoms with van der Waals surface area (Å²) in [7, 11) is -5.45. The molecule has 2 atom stereocenters. The summed E-state index contributed by atoms with van der Waals surface area (Å²) < 4.78 is 41.2. The van der Waals surface area contributed by atoms with E-state index in [0.717, 1.165) is 11.1 Å². The molecule has 2 unspecified atom stereocenters. The molecule has 0 aromatic heterocycles. The highest BCUT2D eigenvalue weighted by molar-refractivity contribution is 7.57. The molecule has 0 saturated heterocycles. The van der Waals surface area contributed by atoms with E-state index in [9.17, 15) is 9.13 Å². The first kappa shape index (κ1) is 21.4. The lowest BCUT2D eigenvalue weighted by atomic mass is 10.1. The average molecular weight is 377 g/mol. The van der Waals surface area contributed by atoms with Gasteiger partial charge in [0.1, 0.15) is 12.4 Å². The lowest BCUT2D eigenvalue weighted by Gasteiger charge is -2.17. The third-order valence-corrected chi connectivity index (χ3v) is 6.64. The van der Waals surface area contributed by atoms with Gasteiger partial charge in [0.05, 0.1) is 13.2 Å². The second kappa shape index (κ2) is 9.74. The molecule has 0 saturated carbocycles. The summed E-state index contributed by atoms with van der Waals surface area (Å²) in [6, 6.07) is 5.55. The van der Waals surface area contributed by atoms with Crippen LogP contribution in [0.25, 0.3) is 0 Å². The first-order valence-electron chi connectivity index (χ1n) is 8.09. The number of hydrogen-bond acceptors (Lipinski definition) is 6. The van der Waals surface area contributed by atoms with E-state index in [1.807, 2.05) is 32.0 Å². The summed E-state index contributed by atoms with van der Waals surface area (Å²) >= 11 is 0. The molecule has 0 aliphatic carbocycles. The first-order chi connectivity index (χ1) is 11.2. The zero-order chi connectivity index (χ0) is 18.2. The van der Waals surface area contributed by atoms with Gasteiger partial charge in [-0.1, -0.05) is 6.07 Å². The normalized spacial score (nSPS) is 16.4. The predicted octanol–water partition coefficient (Wildman–Crippen LogP) is 3.91. The van der Waals surface area contributed by atoms with Gasteiger partial charge in [-0.2, -0.15) is 0 Å². The fourth-order valence-electron chi connectivity index (χ4n) is 2.47. The van der Waals surface area contributed by atoms with Gasteiger partial charge in [-0.15, -0.1) is 0 Å². The van der Waals surface area contributed by atoms with Crippen LogP contribution in [0.15, 0.2) is 18.2 Å². The van der Waals surface area contributed by atoms with Crippen LogP contribution in [0.2, 0.25) is 0 Å². The molecule has 138 valence electrons. The standard InChI is InChI=1S/C16H29NO5P2/c1-5-21-23(3,18)12-14-9-15(13-24(4,19)22-6-2)11-16(10-14)20-8-7-17/h9-11H,5-8,12-13,17H2,1-4H3. The molecule has 0 amide bonds. The largest absolute Gasteiger partial charge is 0.492 e. The number of hydrogen-bond donors (Lipinski definition) is 1. The lowest BCUT2D eigenvalue weighted by molar-refractivity contribution is 0.327. The van der Waals surface area contributed by atoms with Gasteiger partial charge in [0.2, 0.25) is 14.7 Å². The van der Waals surface area contributed by atoms with Gasteiger partial charge < -0.3 is 19.5 Å². The zero-order valence-corrected chi connectivity index (χ0v) is 16.8. The third-order valence-electron chi connectivity index (χ3n) is 3.16. The molecule has 0 aliphatic rings. The van der Waals surface area contributed by atoms with Crippen molar-refractivity contribution in [2.24, 2.45) is 5.73 Å². The molecule has 24 heavy (non-hydrogen) atoms. The lowest BCUT2D eigenvalue weighted by Crippen LogP contribution is -2.11. The van der Waals surface area contributed by atoms with Crippen LogP contribution < -0.4 is 10.5 Å². The molecular formula is C16H29NO5P2. The van der Waals surface area contributed by atoms with Gasteiger partial charge in [0.15, 0.2) is 0 Å². The number of benzene rings is 1. The molecule has 0 aliphatic heterocycles. The fraction of sp³-hybridized carbons (Fsp3) is 0.625. The van der Waals surface area contributed by atoms with Crippen molar-refractivity contribution in [3.05, 3.63) is 29.3 Å². The smallest absolute Gasteiger partial charge is 0.204 e. The Morgan fingerprint density at radius 3 is 1.75 bits per heavy atom. The van der Waals surface area contributed by atoms with Gasteiger partial charge in [0.25, 0.3) is 0 Å². The maximum atomic E-state index is 12.4. The van der Waals surface area contributed by atoms with Crippen LogP contribution in [0, 0.1) is 0 Å². The van der Waals surface area contributed by atoms with Gasteiger partial charge >= 0.3 is 0 Å². The van der Waals surface area contributed by atoms with Crippen LogP contribution in [0.3, 0.4) is 0 Å². The molecule has 0 spiro atoms. The quantitative estimate of drug-likeness (QED) is 0.588. The molecule has 0 radical (unpaired) electrons. The van der Waals surface area contributed by atoms with Crippen molar-refractivity contribution >= 4 is 14.7 Å². The molecule has 2 N–H and O–H groups in total. The Hall–Kier alpha value is -0.640. The van der Waals surface area contributed by atoms with Gasteiger partial charge in [-0.25, -0.2) is 0 Å². The minimum atomic E-state index is -2.72. The second-order valence-corrected chi connectivity index (χ2v) is 11.0. The van der Waals surface area contributed by atoms with Crippen LogP contribution in [0.4, 0.5) is 0 Å². The van der Waals surface area contributed by atoms with Crippen molar-refractivity contribution in [1.82, 2.24) is 0 Å². The Balaban J connectivity index is 3.07. The summed E-state index contributed by atoms with van der Waals surface area (Å²) in [5, 5.41) is 0.